The van der Waals surface area contributed by atoms with Crippen LogP contribution in [0.15, 0.2) is 90.1 Å². The molecular formula is C32H28BNO2S. The molecule has 3 heterocycles. The van der Waals surface area contributed by atoms with Crippen LogP contribution in [0.2, 0.25) is 0 Å². The standard InChI is InChI=1S/C32H28BNO2S/c1-31(2)32(3,4)36-33(35-31)21-16-20-13-12-19-8-7-10-25-29(19)30(20)26(17-21)34(25)22-14-15-28-24(18-22)23-9-5-6-11-27(23)37-28/h5-18,20,30H,1-4H3. The number of hydrogen-bond acceptors (Lipinski definition) is 4. The quantitative estimate of drug-likeness (QED) is 0.258. The summed E-state index contributed by atoms with van der Waals surface area (Å²) in [6.07, 6.45) is 9.35. The van der Waals surface area contributed by atoms with E-state index in [9.17, 15) is 0 Å². The van der Waals surface area contributed by atoms with Crippen LogP contribution in [0.4, 0.5) is 11.4 Å². The molecule has 0 saturated carbocycles. The van der Waals surface area contributed by atoms with Crippen LogP contribution in [0.3, 0.4) is 0 Å². The molecule has 1 aromatic heterocycles. The highest BCUT2D eigenvalue weighted by Gasteiger charge is 2.53. The predicted molar refractivity (Wildman–Crippen MR) is 155 cm³/mol. The van der Waals surface area contributed by atoms with E-state index >= 15 is 0 Å². The van der Waals surface area contributed by atoms with Gasteiger partial charge < -0.3 is 14.2 Å². The number of nitrogens with zero attached hydrogens (tertiary/aromatic N) is 1. The molecule has 3 nitrogen and oxygen atoms in total. The van der Waals surface area contributed by atoms with Gasteiger partial charge in [0, 0.05) is 43.4 Å². The second kappa shape index (κ2) is 7.25. The van der Waals surface area contributed by atoms with E-state index in [2.05, 4.69) is 118 Å². The Hall–Kier alpha value is -3.12. The van der Waals surface area contributed by atoms with E-state index < -0.39 is 0 Å². The summed E-state index contributed by atoms with van der Waals surface area (Å²) in [5.74, 6) is 0.579. The minimum Gasteiger partial charge on any atom is -0.399 e. The number of allylic oxidation sites excluding steroid dienone is 5. The zero-order valence-electron chi connectivity index (χ0n) is 21.5. The van der Waals surface area contributed by atoms with Crippen molar-refractivity contribution in [3.63, 3.8) is 0 Å². The number of rotatable bonds is 2. The van der Waals surface area contributed by atoms with Gasteiger partial charge in [-0.05, 0) is 80.7 Å². The summed E-state index contributed by atoms with van der Waals surface area (Å²) in [4.78, 5) is 2.48. The average molecular weight is 501 g/mol. The Morgan fingerprint density at radius 3 is 2.49 bits per heavy atom. The highest BCUT2D eigenvalue weighted by Crippen LogP contribution is 2.57. The molecule has 3 aromatic carbocycles. The maximum atomic E-state index is 6.50. The maximum absolute atomic E-state index is 6.50. The highest BCUT2D eigenvalue weighted by molar-refractivity contribution is 7.25. The summed E-state index contributed by atoms with van der Waals surface area (Å²) in [6.45, 7) is 8.49. The Morgan fingerprint density at radius 2 is 1.65 bits per heavy atom. The van der Waals surface area contributed by atoms with Crippen molar-refractivity contribution < 1.29 is 9.31 Å². The molecule has 0 spiro atoms. The van der Waals surface area contributed by atoms with Gasteiger partial charge in [0.25, 0.3) is 0 Å². The van der Waals surface area contributed by atoms with E-state index in [1.165, 1.54) is 48.4 Å². The van der Waals surface area contributed by atoms with Crippen LogP contribution in [0.5, 0.6) is 0 Å². The van der Waals surface area contributed by atoms with E-state index in [0.29, 0.717) is 5.92 Å². The van der Waals surface area contributed by atoms with Crippen molar-refractivity contribution in [2.75, 3.05) is 4.90 Å². The van der Waals surface area contributed by atoms with Gasteiger partial charge in [0.2, 0.25) is 0 Å². The number of hydrogen-bond donors (Lipinski definition) is 0. The molecule has 182 valence electrons. The molecule has 2 aliphatic heterocycles. The van der Waals surface area contributed by atoms with E-state index in [1.807, 2.05) is 11.3 Å². The third-order valence-electron chi connectivity index (χ3n) is 8.97. The summed E-state index contributed by atoms with van der Waals surface area (Å²) >= 11 is 1.87. The van der Waals surface area contributed by atoms with Gasteiger partial charge in [0.15, 0.2) is 0 Å². The monoisotopic (exact) mass is 501 g/mol. The number of thiophene rings is 1. The Labute approximate surface area is 221 Å². The van der Waals surface area contributed by atoms with E-state index in [0.717, 1.165) is 5.47 Å². The normalized spacial score (nSPS) is 24.5. The minimum atomic E-state index is -0.373. The van der Waals surface area contributed by atoms with Gasteiger partial charge in [-0.1, -0.05) is 48.6 Å². The summed E-state index contributed by atoms with van der Waals surface area (Å²) in [5, 5.41) is 2.65. The molecule has 0 radical (unpaired) electrons. The summed E-state index contributed by atoms with van der Waals surface area (Å²) < 4.78 is 15.7. The second-order valence-electron chi connectivity index (χ2n) is 11.6. The first-order valence-electron chi connectivity index (χ1n) is 13.1. The lowest BCUT2D eigenvalue weighted by atomic mass is 9.68. The number of benzene rings is 3. The smallest absolute Gasteiger partial charge is 0.399 e. The lowest BCUT2D eigenvalue weighted by molar-refractivity contribution is 0.00578. The molecular weight excluding hydrogens is 473 g/mol. The van der Waals surface area contributed by atoms with E-state index in [-0.39, 0.29) is 24.2 Å². The van der Waals surface area contributed by atoms with E-state index in [4.69, 9.17) is 9.31 Å². The third kappa shape index (κ3) is 2.96. The summed E-state index contributed by atoms with van der Waals surface area (Å²) in [6, 6.07) is 22.4. The average Bonchev–Trinajstić information content (AvgIpc) is 3.49. The minimum absolute atomic E-state index is 0.276. The zero-order chi connectivity index (χ0) is 25.1. The van der Waals surface area contributed by atoms with E-state index in [1.54, 1.807) is 0 Å². The molecule has 1 saturated heterocycles. The van der Waals surface area contributed by atoms with Crippen LogP contribution >= 0.6 is 11.3 Å². The number of anilines is 2. The Kier molecular flexibility index (Phi) is 4.30. The molecule has 2 atom stereocenters. The maximum Gasteiger partial charge on any atom is 0.494 e. The molecule has 0 N–H and O–H groups in total. The second-order valence-corrected chi connectivity index (χ2v) is 12.7. The van der Waals surface area contributed by atoms with Gasteiger partial charge in [-0.25, -0.2) is 0 Å². The first kappa shape index (κ1) is 21.9. The fraction of sp³-hybridized carbons (Fsp3) is 0.250. The first-order valence-corrected chi connectivity index (χ1v) is 13.9. The zero-order valence-corrected chi connectivity index (χ0v) is 22.3. The fourth-order valence-electron chi connectivity index (χ4n) is 6.41. The van der Waals surface area contributed by atoms with Gasteiger partial charge in [-0.3, -0.25) is 0 Å². The molecule has 8 rings (SSSR count). The third-order valence-corrected chi connectivity index (χ3v) is 10.1. The van der Waals surface area contributed by atoms with Gasteiger partial charge in [-0.15, -0.1) is 11.3 Å². The lowest BCUT2D eigenvalue weighted by Gasteiger charge is -2.32. The van der Waals surface area contributed by atoms with Crippen LogP contribution in [0.1, 0.15) is 44.7 Å². The summed E-state index contributed by atoms with van der Waals surface area (Å²) in [7, 11) is -0.373. The lowest BCUT2D eigenvalue weighted by Crippen LogP contribution is -2.41. The molecule has 2 aliphatic carbocycles. The van der Waals surface area contributed by atoms with Gasteiger partial charge in [0.1, 0.15) is 0 Å². The van der Waals surface area contributed by atoms with Crippen molar-refractivity contribution in [2.24, 2.45) is 5.92 Å². The molecule has 4 aliphatic rings. The highest BCUT2D eigenvalue weighted by atomic mass is 32.1. The number of fused-ring (bicyclic) bond motifs is 3. The van der Waals surface area contributed by atoms with Crippen molar-refractivity contribution in [2.45, 2.75) is 44.8 Å². The van der Waals surface area contributed by atoms with Crippen LogP contribution in [0.25, 0.3) is 26.2 Å². The molecule has 0 bridgehead atoms. The predicted octanol–water partition coefficient (Wildman–Crippen LogP) is 8.39. The fourth-order valence-corrected chi connectivity index (χ4v) is 7.49. The van der Waals surface area contributed by atoms with Crippen molar-refractivity contribution in [3.05, 3.63) is 101 Å². The molecule has 5 heteroatoms. The van der Waals surface area contributed by atoms with Crippen molar-refractivity contribution in [1.82, 2.24) is 0 Å². The molecule has 2 unspecified atom stereocenters. The largest absolute Gasteiger partial charge is 0.494 e. The van der Waals surface area contributed by atoms with Gasteiger partial charge in [0.05, 0.1) is 16.9 Å². The van der Waals surface area contributed by atoms with Crippen molar-refractivity contribution in [3.8, 4) is 0 Å². The Bertz CT molecular complexity index is 1710. The first-order chi connectivity index (χ1) is 17.8. The van der Waals surface area contributed by atoms with Gasteiger partial charge in [-0.2, -0.15) is 0 Å². The molecule has 1 fully saturated rings. The van der Waals surface area contributed by atoms with Crippen molar-refractivity contribution >= 4 is 56.1 Å². The molecule has 4 aromatic rings. The Morgan fingerprint density at radius 1 is 0.865 bits per heavy atom. The summed E-state index contributed by atoms with van der Waals surface area (Å²) in [5.41, 5.74) is 6.93. The molecule has 0 amide bonds. The molecule has 37 heavy (non-hydrogen) atoms. The Balaban J connectivity index is 1.31. The van der Waals surface area contributed by atoms with Crippen LogP contribution in [0, 0.1) is 5.92 Å². The van der Waals surface area contributed by atoms with Crippen LogP contribution in [-0.2, 0) is 9.31 Å². The van der Waals surface area contributed by atoms with Gasteiger partial charge >= 0.3 is 7.12 Å². The van der Waals surface area contributed by atoms with Crippen LogP contribution in [-0.4, -0.2) is 18.3 Å². The topological polar surface area (TPSA) is 21.7 Å². The SMILES string of the molecule is CC1(C)OB(C2=CC3C=Cc4cccc5c4C3C(=C2)N5c2ccc3sc4ccccc4c3c2)OC1(C)C. The van der Waals surface area contributed by atoms with Crippen LogP contribution < -0.4 is 4.90 Å². The van der Waals surface area contributed by atoms with Crippen molar-refractivity contribution in [1.29, 1.82) is 0 Å².